The number of halogens is 1. The van der Waals surface area contributed by atoms with Crippen LogP contribution in [0.5, 0.6) is 0 Å². The van der Waals surface area contributed by atoms with Crippen LogP contribution in [0.4, 0.5) is 4.79 Å². The Morgan fingerprint density at radius 1 is 1.32 bits per heavy atom. The molecule has 1 amide bonds. The summed E-state index contributed by atoms with van der Waals surface area (Å²) in [5, 5.41) is 13.2. The smallest absolute Gasteiger partial charge is 0.412 e. The van der Waals surface area contributed by atoms with E-state index in [0.29, 0.717) is 4.88 Å². The van der Waals surface area contributed by atoms with Crippen molar-refractivity contribution in [1.82, 2.24) is 5.32 Å². The van der Waals surface area contributed by atoms with Gasteiger partial charge in [-0.1, -0.05) is 30.3 Å². The highest BCUT2D eigenvalue weighted by Gasteiger charge is 2.13. The van der Waals surface area contributed by atoms with Crippen molar-refractivity contribution in [2.24, 2.45) is 0 Å². The summed E-state index contributed by atoms with van der Waals surface area (Å²) in [5.74, 6) is -1.24. The van der Waals surface area contributed by atoms with Gasteiger partial charge in [0, 0.05) is 14.7 Å². The number of alkyl carbamates (subject to hydrolysis) is 1. The molecule has 1 aromatic carbocycles. The maximum absolute atomic E-state index is 11.7. The molecule has 2 N–H and O–H groups in total. The van der Waals surface area contributed by atoms with Crippen LogP contribution >= 0.6 is 27.3 Å². The number of thiophene rings is 1. The Bertz CT molecular complexity index is 697. The molecule has 0 fully saturated rings. The monoisotopic (exact) mass is 381 g/mol. The van der Waals surface area contributed by atoms with E-state index in [0.717, 1.165) is 10.0 Å². The van der Waals surface area contributed by atoms with Gasteiger partial charge >= 0.3 is 12.1 Å². The Morgan fingerprint density at radius 3 is 2.64 bits per heavy atom. The lowest BCUT2D eigenvalue weighted by molar-refractivity contribution is -0.132. The van der Waals surface area contributed by atoms with Gasteiger partial charge in [-0.2, -0.15) is 0 Å². The molecule has 7 heteroatoms. The van der Waals surface area contributed by atoms with Crippen molar-refractivity contribution in [3.05, 3.63) is 62.4 Å². The van der Waals surface area contributed by atoms with E-state index in [1.165, 1.54) is 17.4 Å². The Kier molecular flexibility index (Phi) is 5.74. The summed E-state index contributed by atoms with van der Waals surface area (Å²) in [4.78, 5) is 23.6. The molecule has 0 aliphatic rings. The number of amides is 1. The van der Waals surface area contributed by atoms with Crippen LogP contribution < -0.4 is 5.32 Å². The lowest BCUT2D eigenvalue weighted by atomic mass is 10.2. The number of carboxylic acid groups (broad SMARTS) is 1. The molecule has 0 saturated carbocycles. The maximum atomic E-state index is 11.7. The molecule has 1 aromatic heterocycles. The van der Waals surface area contributed by atoms with Gasteiger partial charge in [0.05, 0.1) is 0 Å². The topological polar surface area (TPSA) is 75.6 Å². The van der Waals surface area contributed by atoms with Crippen molar-refractivity contribution in [2.45, 2.75) is 6.61 Å². The quantitative estimate of drug-likeness (QED) is 0.770. The second kappa shape index (κ2) is 7.77. The molecule has 0 bridgehead atoms. The number of hydrogen-bond acceptors (Lipinski definition) is 4. The highest BCUT2D eigenvalue weighted by molar-refractivity contribution is 9.10. The summed E-state index contributed by atoms with van der Waals surface area (Å²) in [6.07, 6.45) is 0.565. The van der Waals surface area contributed by atoms with E-state index in [4.69, 9.17) is 9.84 Å². The summed E-state index contributed by atoms with van der Waals surface area (Å²) in [7, 11) is 0. The van der Waals surface area contributed by atoms with Gasteiger partial charge in [0.15, 0.2) is 0 Å². The first-order valence-corrected chi connectivity index (χ1v) is 7.88. The number of carboxylic acids is 1. The summed E-state index contributed by atoms with van der Waals surface area (Å²) >= 11 is 4.64. The molecule has 0 radical (unpaired) electrons. The fourth-order valence-corrected chi connectivity index (χ4v) is 2.94. The third-order valence-electron chi connectivity index (χ3n) is 2.55. The van der Waals surface area contributed by atoms with E-state index in [-0.39, 0.29) is 12.3 Å². The number of rotatable bonds is 5. The fraction of sp³-hybridized carbons (Fsp3) is 0.0667. The standard InChI is InChI=1S/C15H12BrNO4S/c16-11-6-12(22-9-11)7-13(14(18)19)17-15(20)21-8-10-4-2-1-3-5-10/h1-7,9H,8H2,(H,17,20)(H,18,19). The van der Waals surface area contributed by atoms with Gasteiger partial charge < -0.3 is 9.84 Å². The third kappa shape index (κ3) is 5.01. The van der Waals surface area contributed by atoms with E-state index < -0.39 is 12.1 Å². The van der Waals surface area contributed by atoms with Gasteiger partial charge in [0.1, 0.15) is 12.3 Å². The molecule has 2 aromatic rings. The number of carbonyl (C=O) groups excluding carboxylic acids is 1. The van der Waals surface area contributed by atoms with Crippen LogP contribution in [-0.4, -0.2) is 17.2 Å². The number of benzene rings is 1. The Labute approximate surface area is 139 Å². The Hall–Kier alpha value is -2.12. The van der Waals surface area contributed by atoms with Crippen molar-refractivity contribution < 1.29 is 19.4 Å². The molecule has 0 atom stereocenters. The second-order valence-corrected chi connectivity index (χ2v) is 6.08. The minimum absolute atomic E-state index is 0.0735. The minimum atomic E-state index is -1.24. The summed E-state index contributed by atoms with van der Waals surface area (Å²) in [6, 6.07) is 10.9. The van der Waals surface area contributed by atoms with Crippen LogP contribution in [0.1, 0.15) is 10.4 Å². The molecule has 0 saturated heterocycles. The van der Waals surface area contributed by atoms with Gasteiger partial charge in [-0.15, -0.1) is 11.3 Å². The zero-order chi connectivity index (χ0) is 15.9. The minimum Gasteiger partial charge on any atom is -0.477 e. The zero-order valence-electron chi connectivity index (χ0n) is 11.3. The molecule has 1 heterocycles. The fourth-order valence-electron chi connectivity index (χ4n) is 1.57. The van der Waals surface area contributed by atoms with Crippen molar-refractivity contribution in [3.8, 4) is 0 Å². The molecular weight excluding hydrogens is 370 g/mol. The molecule has 0 unspecified atom stereocenters. The first-order valence-electron chi connectivity index (χ1n) is 6.21. The average Bonchev–Trinajstić information content (AvgIpc) is 2.91. The van der Waals surface area contributed by atoms with Crippen LogP contribution in [0, 0.1) is 0 Å². The van der Waals surface area contributed by atoms with E-state index in [1.54, 1.807) is 6.07 Å². The molecular formula is C15H12BrNO4S. The summed E-state index contributed by atoms with van der Waals surface area (Å²) in [6.45, 7) is 0.0735. The second-order valence-electron chi connectivity index (χ2n) is 4.22. The Balaban J connectivity index is 1.97. The summed E-state index contributed by atoms with van der Waals surface area (Å²) in [5.41, 5.74) is 0.577. The van der Waals surface area contributed by atoms with Crippen LogP contribution in [0.3, 0.4) is 0 Å². The summed E-state index contributed by atoms with van der Waals surface area (Å²) < 4.78 is 5.84. The van der Waals surface area contributed by atoms with E-state index in [2.05, 4.69) is 21.2 Å². The number of hydrogen-bond donors (Lipinski definition) is 2. The van der Waals surface area contributed by atoms with E-state index >= 15 is 0 Å². The first-order chi connectivity index (χ1) is 10.5. The van der Waals surface area contributed by atoms with Crippen LogP contribution in [0.15, 0.2) is 51.9 Å². The largest absolute Gasteiger partial charge is 0.477 e. The molecule has 0 spiro atoms. The van der Waals surface area contributed by atoms with Gasteiger partial charge in [-0.3, -0.25) is 5.32 Å². The molecule has 2 rings (SSSR count). The van der Waals surface area contributed by atoms with E-state index in [9.17, 15) is 9.59 Å². The van der Waals surface area contributed by atoms with Crippen LogP contribution in [-0.2, 0) is 16.1 Å². The maximum Gasteiger partial charge on any atom is 0.412 e. The first kappa shape index (κ1) is 16.3. The molecule has 114 valence electrons. The van der Waals surface area contributed by atoms with Gasteiger partial charge in [-0.25, -0.2) is 9.59 Å². The van der Waals surface area contributed by atoms with Crippen LogP contribution in [0.25, 0.3) is 6.08 Å². The van der Waals surface area contributed by atoms with Crippen molar-refractivity contribution in [2.75, 3.05) is 0 Å². The van der Waals surface area contributed by atoms with Crippen molar-refractivity contribution in [3.63, 3.8) is 0 Å². The van der Waals surface area contributed by atoms with Crippen LogP contribution in [0.2, 0.25) is 0 Å². The molecule has 22 heavy (non-hydrogen) atoms. The highest BCUT2D eigenvalue weighted by Crippen LogP contribution is 2.21. The lowest BCUT2D eigenvalue weighted by Crippen LogP contribution is -2.27. The molecule has 0 aliphatic heterocycles. The zero-order valence-corrected chi connectivity index (χ0v) is 13.7. The third-order valence-corrected chi connectivity index (χ3v) is 4.19. The van der Waals surface area contributed by atoms with Crippen molar-refractivity contribution in [1.29, 1.82) is 0 Å². The normalized spacial score (nSPS) is 11.0. The highest BCUT2D eigenvalue weighted by atomic mass is 79.9. The number of nitrogens with one attached hydrogen (secondary N) is 1. The van der Waals surface area contributed by atoms with Gasteiger partial charge in [0.25, 0.3) is 0 Å². The predicted molar refractivity (Wildman–Crippen MR) is 87.4 cm³/mol. The molecule has 5 nitrogen and oxygen atoms in total. The Morgan fingerprint density at radius 2 is 2.05 bits per heavy atom. The predicted octanol–water partition coefficient (Wildman–Crippen LogP) is 3.86. The molecule has 0 aliphatic carbocycles. The SMILES string of the molecule is O=C(NC(=Cc1cc(Br)cs1)C(=O)O)OCc1ccccc1. The number of ether oxygens (including phenoxy) is 1. The van der Waals surface area contributed by atoms with Crippen molar-refractivity contribution >= 4 is 45.4 Å². The number of carbonyl (C=O) groups is 2. The lowest BCUT2D eigenvalue weighted by Gasteiger charge is -2.07. The van der Waals surface area contributed by atoms with Gasteiger partial charge in [0.2, 0.25) is 0 Å². The average molecular weight is 382 g/mol. The van der Waals surface area contributed by atoms with E-state index in [1.807, 2.05) is 35.7 Å². The number of aliphatic carboxylic acids is 1. The van der Waals surface area contributed by atoms with Gasteiger partial charge in [-0.05, 0) is 33.6 Å².